The van der Waals surface area contributed by atoms with E-state index in [1.807, 2.05) is 17.0 Å². The van der Waals surface area contributed by atoms with Crippen molar-refractivity contribution in [1.29, 1.82) is 0 Å². The van der Waals surface area contributed by atoms with E-state index in [1.54, 1.807) is 17.4 Å². The monoisotopic (exact) mass is 447 g/mol. The smallest absolute Gasteiger partial charge is 0.226 e. The molecule has 30 heavy (non-hydrogen) atoms. The summed E-state index contributed by atoms with van der Waals surface area (Å²) in [5, 5.41) is 0. The average Bonchev–Trinajstić information content (AvgIpc) is 3.32. The fourth-order valence-electron chi connectivity index (χ4n) is 4.88. The SMILES string of the molecule is Nc1cccc(-c2cc3c(s2)CCOC32CCN(C(=O)C3CCS(=O)(=O)C3)CC2)n1. The summed E-state index contributed by atoms with van der Waals surface area (Å²) in [7, 11) is -3.06. The van der Waals surface area contributed by atoms with Crippen LogP contribution < -0.4 is 5.73 Å². The summed E-state index contributed by atoms with van der Waals surface area (Å²) in [5.74, 6) is 0.232. The van der Waals surface area contributed by atoms with Crippen LogP contribution in [0.4, 0.5) is 5.82 Å². The molecule has 9 heteroatoms. The van der Waals surface area contributed by atoms with Crippen LogP contribution >= 0.6 is 11.3 Å². The maximum absolute atomic E-state index is 12.8. The third kappa shape index (κ3) is 3.52. The lowest BCUT2D eigenvalue weighted by molar-refractivity contribution is -0.143. The lowest BCUT2D eigenvalue weighted by Gasteiger charge is -2.44. The predicted molar refractivity (Wildman–Crippen MR) is 116 cm³/mol. The van der Waals surface area contributed by atoms with Gasteiger partial charge in [0.1, 0.15) is 5.82 Å². The lowest BCUT2D eigenvalue weighted by Crippen LogP contribution is -2.49. The standard InChI is InChI=1S/C21H25N3O4S2/c22-19-3-1-2-16(23-19)18-12-15-17(29-18)4-10-28-21(15)6-8-24(9-7-21)20(25)14-5-11-30(26,27)13-14/h1-3,12,14H,4-11,13H2,(H2,22,23). The van der Waals surface area contributed by atoms with E-state index in [4.69, 9.17) is 10.5 Å². The minimum Gasteiger partial charge on any atom is -0.384 e. The summed E-state index contributed by atoms with van der Waals surface area (Å²) in [6.45, 7) is 1.86. The molecule has 0 radical (unpaired) electrons. The molecule has 2 fully saturated rings. The average molecular weight is 448 g/mol. The van der Waals surface area contributed by atoms with Crippen LogP contribution in [0.5, 0.6) is 0 Å². The van der Waals surface area contributed by atoms with E-state index in [0.717, 1.165) is 29.8 Å². The molecule has 2 aromatic rings. The second-order valence-corrected chi connectivity index (χ2v) is 11.8. The van der Waals surface area contributed by atoms with Gasteiger partial charge in [0.2, 0.25) is 5.91 Å². The van der Waals surface area contributed by atoms with Gasteiger partial charge in [0.15, 0.2) is 9.84 Å². The van der Waals surface area contributed by atoms with Crippen molar-refractivity contribution in [2.45, 2.75) is 31.3 Å². The molecule has 3 aliphatic rings. The van der Waals surface area contributed by atoms with Gasteiger partial charge in [-0.1, -0.05) is 6.07 Å². The molecular formula is C21H25N3O4S2. The molecule has 0 saturated carbocycles. The molecule has 2 aromatic heterocycles. The van der Waals surface area contributed by atoms with Crippen molar-refractivity contribution in [2.75, 3.05) is 36.9 Å². The Hall–Kier alpha value is -1.97. The molecule has 5 rings (SSSR count). The molecule has 1 unspecified atom stereocenters. The van der Waals surface area contributed by atoms with E-state index in [0.29, 0.717) is 31.9 Å². The van der Waals surface area contributed by atoms with Crippen LogP contribution in [0.1, 0.15) is 29.7 Å². The van der Waals surface area contributed by atoms with Gasteiger partial charge in [-0.3, -0.25) is 4.79 Å². The second-order valence-electron chi connectivity index (χ2n) is 8.41. The third-order valence-electron chi connectivity index (χ3n) is 6.49. The Balaban J connectivity index is 1.35. The second kappa shape index (κ2) is 7.32. The van der Waals surface area contributed by atoms with Crippen LogP contribution in [-0.2, 0) is 31.4 Å². The van der Waals surface area contributed by atoms with Gasteiger partial charge >= 0.3 is 0 Å². The Bertz CT molecular complexity index is 1090. The molecule has 1 spiro atoms. The number of sulfone groups is 1. The van der Waals surface area contributed by atoms with Crippen molar-refractivity contribution in [2.24, 2.45) is 5.92 Å². The fourth-order valence-corrected chi connectivity index (χ4v) is 7.82. The minimum absolute atomic E-state index is 0.00474. The largest absolute Gasteiger partial charge is 0.384 e. The van der Waals surface area contributed by atoms with Gasteiger partial charge in [-0.15, -0.1) is 11.3 Å². The number of pyridine rings is 1. The van der Waals surface area contributed by atoms with Crippen LogP contribution in [0.3, 0.4) is 0 Å². The summed E-state index contributed by atoms with van der Waals surface area (Å²) in [6, 6.07) is 7.85. The van der Waals surface area contributed by atoms with Gasteiger partial charge in [-0.2, -0.15) is 0 Å². The van der Waals surface area contributed by atoms with E-state index in [1.165, 1.54) is 10.4 Å². The Morgan fingerprint density at radius 2 is 2.10 bits per heavy atom. The Morgan fingerprint density at radius 3 is 2.80 bits per heavy atom. The summed E-state index contributed by atoms with van der Waals surface area (Å²) >= 11 is 1.75. The predicted octanol–water partition coefficient (Wildman–Crippen LogP) is 2.22. The molecule has 2 N–H and O–H groups in total. The topological polar surface area (TPSA) is 103 Å². The molecule has 3 aliphatic heterocycles. The van der Waals surface area contributed by atoms with E-state index >= 15 is 0 Å². The highest BCUT2D eigenvalue weighted by Gasteiger charge is 2.44. The molecule has 160 valence electrons. The number of amides is 1. The molecule has 0 bridgehead atoms. The number of aromatic nitrogens is 1. The Labute approximate surface area is 180 Å². The van der Waals surface area contributed by atoms with Gasteiger partial charge in [0.25, 0.3) is 0 Å². The van der Waals surface area contributed by atoms with E-state index in [2.05, 4.69) is 11.1 Å². The zero-order valence-corrected chi connectivity index (χ0v) is 18.3. The van der Waals surface area contributed by atoms with Crippen molar-refractivity contribution >= 4 is 32.9 Å². The number of likely N-dealkylation sites (tertiary alicyclic amines) is 1. The van der Waals surface area contributed by atoms with Crippen LogP contribution in [0.25, 0.3) is 10.6 Å². The molecule has 5 heterocycles. The van der Waals surface area contributed by atoms with E-state index in [9.17, 15) is 13.2 Å². The molecule has 1 amide bonds. The normalized spacial score (nSPS) is 24.7. The first-order valence-electron chi connectivity index (χ1n) is 10.3. The van der Waals surface area contributed by atoms with Gasteiger partial charge in [0, 0.05) is 24.4 Å². The molecule has 0 aliphatic carbocycles. The Kier molecular flexibility index (Phi) is 4.87. The fraction of sp³-hybridized carbons (Fsp3) is 0.524. The molecule has 2 saturated heterocycles. The number of carbonyl (C=O) groups is 1. The van der Waals surface area contributed by atoms with Crippen LogP contribution in [0, 0.1) is 5.92 Å². The van der Waals surface area contributed by atoms with Crippen molar-refractivity contribution < 1.29 is 17.9 Å². The quantitative estimate of drug-likeness (QED) is 0.757. The number of ether oxygens (including phenoxy) is 1. The highest BCUT2D eigenvalue weighted by atomic mass is 32.2. The number of hydrogen-bond acceptors (Lipinski definition) is 7. The lowest BCUT2D eigenvalue weighted by atomic mass is 9.82. The molecule has 1 atom stereocenters. The third-order valence-corrected chi connectivity index (χ3v) is 9.48. The number of thiophene rings is 1. The van der Waals surface area contributed by atoms with Crippen molar-refractivity contribution in [3.05, 3.63) is 34.7 Å². The number of nitrogens with two attached hydrogens (primary N) is 1. The van der Waals surface area contributed by atoms with Crippen LogP contribution in [-0.4, -0.2) is 55.4 Å². The summed E-state index contributed by atoms with van der Waals surface area (Å²) in [5.41, 5.74) is 7.58. The zero-order chi connectivity index (χ0) is 20.9. The van der Waals surface area contributed by atoms with Crippen molar-refractivity contribution in [3.8, 4) is 10.6 Å². The number of piperidine rings is 1. The molecular weight excluding hydrogens is 422 g/mol. The molecule has 0 aromatic carbocycles. The highest BCUT2D eigenvalue weighted by molar-refractivity contribution is 7.91. The number of hydrogen-bond donors (Lipinski definition) is 1. The van der Waals surface area contributed by atoms with E-state index < -0.39 is 9.84 Å². The van der Waals surface area contributed by atoms with Crippen molar-refractivity contribution in [1.82, 2.24) is 9.88 Å². The maximum Gasteiger partial charge on any atom is 0.226 e. The zero-order valence-electron chi connectivity index (χ0n) is 16.7. The van der Waals surface area contributed by atoms with Gasteiger partial charge < -0.3 is 15.4 Å². The summed E-state index contributed by atoms with van der Waals surface area (Å²) < 4.78 is 29.8. The van der Waals surface area contributed by atoms with Crippen LogP contribution in [0.2, 0.25) is 0 Å². The number of rotatable bonds is 2. The van der Waals surface area contributed by atoms with Crippen LogP contribution in [0.15, 0.2) is 24.3 Å². The summed E-state index contributed by atoms with van der Waals surface area (Å²) in [4.78, 5) is 21.5. The number of carbonyl (C=O) groups excluding carboxylic acids is 1. The Morgan fingerprint density at radius 1 is 1.30 bits per heavy atom. The van der Waals surface area contributed by atoms with Gasteiger partial charge in [-0.25, -0.2) is 13.4 Å². The van der Waals surface area contributed by atoms with Crippen molar-refractivity contribution in [3.63, 3.8) is 0 Å². The highest BCUT2D eigenvalue weighted by Crippen LogP contribution is 2.46. The number of nitrogens with zero attached hydrogens (tertiary/aromatic N) is 2. The number of anilines is 1. The minimum atomic E-state index is -3.06. The number of fused-ring (bicyclic) bond motifs is 2. The van der Waals surface area contributed by atoms with Gasteiger partial charge in [-0.05, 0) is 43.0 Å². The van der Waals surface area contributed by atoms with E-state index in [-0.39, 0.29) is 28.9 Å². The number of nitrogen functional groups attached to an aromatic ring is 1. The first-order chi connectivity index (χ1) is 14.4. The summed E-state index contributed by atoms with van der Waals surface area (Å²) in [6.07, 6.45) is 2.79. The first-order valence-corrected chi connectivity index (χ1v) is 13.0. The molecule has 7 nitrogen and oxygen atoms in total. The van der Waals surface area contributed by atoms with Gasteiger partial charge in [0.05, 0.1) is 40.2 Å². The first kappa shape index (κ1) is 20.0. The maximum atomic E-state index is 12.8.